The van der Waals surface area contributed by atoms with Gasteiger partial charge in [0.2, 0.25) is 11.8 Å². The van der Waals surface area contributed by atoms with Crippen LogP contribution in [0.3, 0.4) is 0 Å². The predicted octanol–water partition coefficient (Wildman–Crippen LogP) is 1.35. The summed E-state index contributed by atoms with van der Waals surface area (Å²) in [5, 5.41) is 9.29. The molecule has 1 saturated heterocycles. The quantitative estimate of drug-likeness (QED) is 0.761. The summed E-state index contributed by atoms with van der Waals surface area (Å²) in [7, 11) is 0. The van der Waals surface area contributed by atoms with Crippen molar-refractivity contribution in [3.05, 3.63) is 0 Å². The summed E-state index contributed by atoms with van der Waals surface area (Å²) in [5.74, 6) is -4.73. The SMILES string of the molecule is CC(=O)N1C[C@@H]2CC(F)(F)CC[C@]2(C(=O)O)C1. The predicted molar refractivity (Wildman–Crippen MR) is 54.6 cm³/mol. The highest BCUT2D eigenvalue weighted by Crippen LogP contribution is 2.51. The van der Waals surface area contributed by atoms with Gasteiger partial charge in [-0.1, -0.05) is 0 Å². The summed E-state index contributed by atoms with van der Waals surface area (Å²) >= 11 is 0. The van der Waals surface area contributed by atoms with Crippen LogP contribution in [0.4, 0.5) is 8.78 Å². The zero-order valence-corrected chi connectivity index (χ0v) is 9.58. The van der Waals surface area contributed by atoms with E-state index in [9.17, 15) is 23.5 Å². The van der Waals surface area contributed by atoms with Crippen molar-refractivity contribution in [1.82, 2.24) is 4.90 Å². The molecule has 0 aromatic rings. The Hall–Kier alpha value is -1.20. The molecule has 96 valence electrons. The normalized spacial score (nSPS) is 35.5. The van der Waals surface area contributed by atoms with E-state index in [1.807, 2.05) is 0 Å². The molecule has 17 heavy (non-hydrogen) atoms. The number of carbonyl (C=O) groups excluding carboxylic acids is 1. The molecule has 1 aliphatic heterocycles. The molecule has 0 unspecified atom stereocenters. The van der Waals surface area contributed by atoms with Crippen LogP contribution in [0.5, 0.6) is 0 Å². The van der Waals surface area contributed by atoms with Gasteiger partial charge in [0.05, 0.1) is 5.41 Å². The molecule has 0 spiro atoms. The van der Waals surface area contributed by atoms with Gasteiger partial charge in [0, 0.05) is 32.9 Å². The molecule has 1 N–H and O–H groups in total. The van der Waals surface area contributed by atoms with Crippen molar-refractivity contribution in [3.8, 4) is 0 Å². The standard InChI is InChI=1S/C11H15F2NO3/c1-7(15)14-5-8-4-11(12,13)3-2-10(8,6-14)9(16)17/h8H,2-6H2,1H3,(H,16,17)/t8-,10-/m0/s1. The van der Waals surface area contributed by atoms with Crippen molar-refractivity contribution >= 4 is 11.9 Å². The second-order valence-corrected chi connectivity index (χ2v) is 5.12. The summed E-state index contributed by atoms with van der Waals surface area (Å²) in [6.45, 7) is 1.54. The fourth-order valence-electron chi connectivity index (χ4n) is 2.98. The van der Waals surface area contributed by atoms with E-state index < -0.39 is 36.1 Å². The Morgan fingerprint density at radius 2 is 2.00 bits per heavy atom. The average Bonchev–Trinajstić information content (AvgIpc) is 2.56. The summed E-state index contributed by atoms with van der Waals surface area (Å²) in [4.78, 5) is 24.0. The van der Waals surface area contributed by atoms with E-state index in [2.05, 4.69) is 0 Å². The van der Waals surface area contributed by atoms with Gasteiger partial charge in [-0.05, 0) is 12.3 Å². The number of alkyl halides is 2. The van der Waals surface area contributed by atoms with Crippen molar-refractivity contribution < 1.29 is 23.5 Å². The third kappa shape index (κ3) is 1.89. The second-order valence-electron chi connectivity index (χ2n) is 5.12. The number of halogens is 2. The van der Waals surface area contributed by atoms with E-state index in [-0.39, 0.29) is 25.4 Å². The van der Waals surface area contributed by atoms with E-state index in [0.717, 1.165) is 0 Å². The lowest BCUT2D eigenvalue weighted by molar-refractivity contribution is -0.160. The van der Waals surface area contributed by atoms with E-state index in [4.69, 9.17) is 0 Å². The average molecular weight is 247 g/mol. The molecule has 2 atom stereocenters. The first kappa shape index (κ1) is 12.3. The highest BCUT2D eigenvalue weighted by molar-refractivity contribution is 5.80. The molecule has 0 aromatic carbocycles. The molecule has 4 nitrogen and oxygen atoms in total. The van der Waals surface area contributed by atoms with Crippen LogP contribution in [0.1, 0.15) is 26.2 Å². The van der Waals surface area contributed by atoms with Crippen LogP contribution in [-0.4, -0.2) is 40.9 Å². The molecule has 1 saturated carbocycles. The zero-order valence-electron chi connectivity index (χ0n) is 9.58. The Morgan fingerprint density at radius 3 is 2.53 bits per heavy atom. The van der Waals surface area contributed by atoms with Crippen LogP contribution in [0.2, 0.25) is 0 Å². The van der Waals surface area contributed by atoms with Gasteiger partial charge in [-0.25, -0.2) is 8.78 Å². The van der Waals surface area contributed by atoms with Crippen LogP contribution in [-0.2, 0) is 9.59 Å². The maximum Gasteiger partial charge on any atom is 0.311 e. The first-order valence-electron chi connectivity index (χ1n) is 5.64. The minimum Gasteiger partial charge on any atom is -0.481 e. The Bertz CT molecular complexity index is 372. The minimum absolute atomic E-state index is 0.0518. The lowest BCUT2D eigenvalue weighted by atomic mass is 9.67. The Kier molecular flexibility index (Phi) is 2.63. The monoisotopic (exact) mass is 247 g/mol. The number of rotatable bonds is 1. The molecule has 1 amide bonds. The molecule has 6 heteroatoms. The molecule has 0 bridgehead atoms. The third-order valence-electron chi connectivity index (χ3n) is 4.05. The first-order chi connectivity index (χ1) is 7.77. The summed E-state index contributed by atoms with van der Waals surface area (Å²) in [6.07, 6.45) is -0.881. The summed E-state index contributed by atoms with van der Waals surface area (Å²) < 4.78 is 26.6. The van der Waals surface area contributed by atoms with E-state index in [0.29, 0.717) is 0 Å². The summed E-state index contributed by atoms with van der Waals surface area (Å²) in [5.41, 5.74) is -1.16. The highest BCUT2D eigenvalue weighted by Gasteiger charge is 2.59. The van der Waals surface area contributed by atoms with Gasteiger partial charge in [-0.15, -0.1) is 0 Å². The number of amides is 1. The third-order valence-corrected chi connectivity index (χ3v) is 4.05. The van der Waals surface area contributed by atoms with Gasteiger partial charge in [0.15, 0.2) is 0 Å². The van der Waals surface area contributed by atoms with Crippen LogP contribution >= 0.6 is 0 Å². The maximum absolute atomic E-state index is 13.3. The van der Waals surface area contributed by atoms with Gasteiger partial charge in [0.25, 0.3) is 0 Å². The Morgan fingerprint density at radius 1 is 1.35 bits per heavy atom. The van der Waals surface area contributed by atoms with Gasteiger partial charge in [-0.3, -0.25) is 9.59 Å². The topological polar surface area (TPSA) is 57.6 Å². The number of nitrogens with zero attached hydrogens (tertiary/aromatic N) is 1. The number of aliphatic carboxylic acids is 1. The number of carboxylic acid groups (broad SMARTS) is 1. The fourth-order valence-corrected chi connectivity index (χ4v) is 2.98. The smallest absolute Gasteiger partial charge is 0.311 e. The van der Waals surface area contributed by atoms with Gasteiger partial charge in [-0.2, -0.15) is 0 Å². The molecular formula is C11H15F2NO3. The number of fused-ring (bicyclic) bond motifs is 1. The van der Waals surface area contributed by atoms with Crippen molar-refractivity contribution in [1.29, 1.82) is 0 Å². The second kappa shape index (κ2) is 3.65. The molecular weight excluding hydrogens is 232 g/mol. The molecule has 2 rings (SSSR count). The van der Waals surface area contributed by atoms with Gasteiger partial charge < -0.3 is 10.0 Å². The van der Waals surface area contributed by atoms with E-state index in [1.165, 1.54) is 11.8 Å². The molecule has 0 aromatic heterocycles. The van der Waals surface area contributed by atoms with Gasteiger partial charge in [0.1, 0.15) is 0 Å². The molecule has 2 fully saturated rings. The fraction of sp³-hybridized carbons (Fsp3) is 0.818. The largest absolute Gasteiger partial charge is 0.481 e. The van der Waals surface area contributed by atoms with Gasteiger partial charge >= 0.3 is 5.97 Å². The van der Waals surface area contributed by atoms with Crippen LogP contribution in [0.25, 0.3) is 0 Å². The first-order valence-corrected chi connectivity index (χ1v) is 5.64. The highest BCUT2D eigenvalue weighted by atomic mass is 19.3. The molecule has 0 radical (unpaired) electrons. The summed E-state index contributed by atoms with van der Waals surface area (Å²) in [6, 6.07) is 0. The van der Waals surface area contributed by atoms with Crippen LogP contribution < -0.4 is 0 Å². The number of carboxylic acids is 1. The number of hydrogen-bond donors (Lipinski definition) is 1. The zero-order chi connectivity index (χ0) is 12.8. The van der Waals surface area contributed by atoms with Crippen LogP contribution in [0.15, 0.2) is 0 Å². The lowest BCUT2D eigenvalue weighted by Gasteiger charge is -2.38. The van der Waals surface area contributed by atoms with Crippen molar-refractivity contribution in [3.63, 3.8) is 0 Å². The molecule has 1 aliphatic carbocycles. The van der Waals surface area contributed by atoms with Crippen molar-refractivity contribution in [2.24, 2.45) is 11.3 Å². The Balaban J connectivity index is 2.28. The Labute approximate surface area is 97.6 Å². The van der Waals surface area contributed by atoms with Crippen molar-refractivity contribution in [2.45, 2.75) is 32.1 Å². The number of carbonyl (C=O) groups is 2. The number of hydrogen-bond acceptors (Lipinski definition) is 2. The molecule has 2 aliphatic rings. The minimum atomic E-state index is -2.80. The molecule has 1 heterocycles. The number of likely N-dealkylation sites (tertiary alicyclic amines) is 1. The van der Waals surface area contributed by atoms with E-state index >= 15 is 0 Å². The van der Waals surface area contributed by atoms with Crippen LogP contribution in [0, 0.1) is 11.3 Å². The van der Waals surface area contributed by atoms with E-state index in [1.54, 1.807) is 0 Å². The maximum atomic E-state index is 13.3. The lowest BCUT2D eigenvalue weighted by Crippen LogP contribution is -2.46. The van der Waals surface area contributed by atoms with Crippen molar-refractivity contribution in [2.75, 3.05) is 13.1 Å².